The Morgan fingerprint density at radius 1 is 1.24 bits per heavy atom. The third-order valence-corrected chi connectivity index (χ3v) is 4.55. The largest absolute Gasteiger partial charge is 0.493 e. The van der Waals surface area contributed by atoms with Gasteiger partial charge < -0.3 is 10.5 Å². The topological polar surface area (TPSA) is 35.2 Å². The molecular weight excluding hydrogens is 333 g/mol. The van der Waals surface area contributed by atoms with E-state index >= 15 is 0 Å². The van der Waals surface area contributed by atoms with E-state index in [0.29, 0.717) is 0 Å². The molecule has 0 radical (unpaired) electrons. The molecule has 0 saturated heterocycles. The van der Waals surface area contributed by atoms with Gasteiger partial charge in [-0.25, -0.2) is 4.39 Å². The number of benzene rings is 2. The lowest BCUT2D eigenvalue weighted by Crippen LogP contribution is -2.12. The van der Waals surface area contributed by atoms with Crippen LogP contribution in [0.15, 0.2) is 40.9 Å². The highest BCUT2D eigenvalue weighted by molar-refractivity contribution is 9.10. The Balaban J connectivity index is 1.67. The highest BCUT2D eigenvalue weighted by Crippen LogP contribution is 2.29. The van der Waals surface area contributed by atoms with Gasteiger partial charge in [0.2, 0.25) is 0 Å². The average molecular weight is 350 g/mol. The van der Waals surface area contributed by atoms with Crippen LogP contribution in [0.3, 0.4) is 0 Å². The van der Waals surface area contributed by atoms with Crippen molar-refractivity contribution < 1.29 is 9.13 Å². The molecule has 0 spiro atoms. The fraction of sp³-hybridized carbons (Fsp3) is 0.294. The summed E-state index contributed by atoms with van der Waals surface area (Å²) in [6.07, 6.45) is 2.71. The molecule has 4 heteroatoms. The highest BCUT2D eigenvalue weighted by atomic mass is 79.9. The standard InChI is InChI=1S/C17H17BrFNO/c18-15-10-13(19)3-4-14(15)16(20)5-1-11-2-6-17-12(9-11)7-8-21-17/h2-4,6,9-10,16H,1,5,7-8,20H2. The SMILES string of the molecule is NC(CCc1ccc2c(c1)CCO2)c1ccc(F)cc1Br. The van der Waals surface area contributed by atoms with Crippen LogP contribution in [0.1, 0.15) is 29.2 Å². The molecule has 0 aliphatic carbocycles. The number of aryl methyl sites for hydroxylation is 1. The van der Waals surface area contributed by atoms with Gasteiger partial charge in [0.15, 0.2) is 0 Å². The predicted octanol–water partition coefficient (Wildman–Crippen LogP) is 4.16. The monoisotopic (exact) mass is 349 g/mol. The predicted molar refractivity (Wildman–Crippen MR) is 85.0 cm³/mol. The molecule has 1 atom stereocenters. The van der Waals surface area contributed by atoms with Gasteiger partial charge in [0.1, 0.15) is 11.6 Å². The number of hydrogen-bond acceptors (Lipinski definition) is 2. The molecule has 0 bridgehead atoms. The van der Waals surface area contributed by atoms with E-state index in [1.807, 2.05) is 6.07 Å². The fourth-order valence-corrected chi connectivity index (χ4v) is 3.32. The normalized spacial score (nSPS) is 14.6. The van der Waals surface area contributed by atoms with Crippen LogP contribution < -0.4 is 10.5 Å². The Hall–Kier alpha value is -1.39. The Bertz CT molecular complexity index is 659. The summed E-state index contributed by atoms with van der Waals surface area (Å²) in [5, 5.41) is 0. The van der Waals surface area contributed by atoms with Crippen molar-refractivity contribution in [2.24, 2.45) is 5.73 Å². The first-order valence-corrected chi connectivity index (χ1v) is 7.88. The third-order valence-electron chi connectivity index (χ3n) is 3.86. The molecule has 2 aromatic carbocycles. The summed E-state index contributed by atoms with van der Waals surface area (Å²) in [6, 6.07) is 10.9. The fourth-order valence-electron chi connectivity index (χ4n) is 2.68. The zero-order valence-electron chi connectivity index (χ0n) is 11.6. The minimum atomic E-state index is -0.253. The summed E-state index contributed by atoms with van der Waals surface area (Å²) in [7, 11) is 0. The molecule has 0 aromatic heterocycles. The molecule has 1 heterocycles. The first kappa shape index (κ1) is 14.5. The maximum atomic E-state index is 13.1. The highest BCUT2D eigenvalue weighted by Gasteiger charge is 2.14. The van der Waals surface area contributed by atoms with Crippen molar-refractivity contribution in [2.75, 3.05) is 6.61 Å². The van der Waals surface area contributed by atoms with Crippen LogP contribution in [0.4, 0.5) is 4.39 Å². The van der Waals surface area contributed by atoms with E-state index in [1.54, 1.807) is 6.07 Å². The molecule has 2 aromatic rings. The van der Waals surface area contributed by atoms with Crippen molar-refractivity contribution in [2.45, 2.75) is 25.3 Å². The van der Waals surface area contributed by atoms with Gasteiger partial charge in [0, 0.05) is 16.9 Å². The molecule has 0 fully saturated rings. The Kier molecular flexibility index (Phi) is 4.27. The molecule has 0 saturated carbocycles. The quantitative estimate of drug-likeness (QED) is 0.899. The van der Waals surface area contributed by atoms with Gasteiger partial charge in [-0.1, -0.05) is 34.1 Å². The maximum absolute atomic E-state index is 13.1. The Morgan fingerprint density at radius 2 is 2.10 bits per heavy atom. The van der Waals surface area contributed by atoms with Crippen molar-refractivity contribution in [1.82, 2.24) is 0 Å². The lowest BCUT2D eigenvalue weighted by molar-refractivity contribution is 0.357. The molecule has 2 nitrogen and oxygen atoms in total. The van der Waals surface area contributed by atoms with Crippen molar-refractivity contribution in [3.8, 4) is 5.75 Å². The van der Waals surface area contributed by atoms with Gasteiger partial charge in [0.05, 0.1) is 6.61 Å². The summed E-state index contributed by atoms with van der Waals surface area (Å²) < 4.78 is 19.3. The number of fused-ring (bicyclic) bond motifs is 1. The maximum Gasteiger partial charge on any atom is 0.124 e. The van der Waals surface area contributed by atoms with Crippen molar-refractivity contribution in [1.29, 1.82) is 0 Å². The first-order valence-electron chi connectivity index (χ1n) is 7.08. The average Bonchev–Trinajstić information content (AvgIpc) is 2.92. The lowest BCUT2D eigenvalue weighted by atomic mass is 9.98. The summed E-state index contributed by atoms with van der Waals surface area (Å²) in [5.74, 6) is 0.751. The van der Waals surface area contributed by atoms with Crippen molar-refractivity contribution in [3.63, 3.8) is 0 Å². The number of hydrogen-bond donors (Lipinski definition) is 1. The second kappa shape index (κ2) is 6.16. The molecule has 1 aliphatic rings. The number of rotatable bonds is 4. The zero-order valence-corrected chi connectivity index (χ0v) is 13.2. The molecule has 1 unspecified atom stereocenters. The van der Waals surface area contributed by atoms with Crippen LogP contribution in [0, 0.1) is 5.82 Å². The van der Waals surface area contributed by atoms with Gasteiger partial charge in [-0.3, -0.25) is 0 Å². The molecule has 110 valence electrons. The minimum absolute atomic E-state index is 0.107. The van der Waals surface area contributed by atoms with Crippen molar-refractivity contribution in [3.05, 3.63) is 63.4 Å². The van der Waals surface area contributed by atoms with Gasteiger partial charge in [-0.2, -0.15) is 0 Å². The van der Waals surface area contributed by atoms with Gasteiger partial charge in [-0.15, -0.1) is 0 Å². The third kappa shape index (κ3) is 3.27. The van der Waals surface area contributed by atoms with E-state index in [2.05, 4.69) is 28.1 Å². The number of nitrogens with two attached hydrogens (primary N) is 1. The van der Waals surface area contributed by atoms with Gasteiger partial charge in [-0.05, 0) is 47.7 Å². The van der Waals surface area contributed by atoms with Crippen molar-refractivity contribution >= 4 is 15.9 Å². The lowest BCUT2D eigenvalue weighted by Gasteiger charge is -2.14. The Labute approximate surface area is 132 Å². The van der Waals surface area contributed by atoms with Gasteiger partial charge in [0.25, 0.3) is 0 Å². The number of halogens is 2. The van der Waals surface area contributed by atoms with Gasteiger partial charge >= 0.3 is 0 Å². The zero-order chi connectivity index (χ0) is 14.8. The summed E-state index contributed by atoms with van der Waals surface area (Å²) >= 11 is 3.38. The number of ether oxygens (including phenoxy) is 1. The summed E-state index contributed by atoms with van der Waals surface area (Å²) in [6.45, 7) is 0.779. The summed E-state index contributed by atoms with van der Waals surface area (Å²) in [5.41, 5.74) is 9.73. The van der Waals surface area contributed by atoms with Crippen LogP contribution in [0.25, 0.3) is 0 Å². The van der Waals surface area contributed by atoms with Crippen LogP contribution in [0.5, 0.6) is 5.75 Å². The Morgan fingerprint density at radius 3 is 2.90 bits per heavy atom. The minimum Gasteiger partial charge on any atom is -0.493 e. The van der Waals surface area contributed by atoms with Crippen LogP contribution in [-0.2, 0) is 12.8 Å². The summed E-state index contributed by atoms with van der Waals surface area (Å²) in [4.78, 5) is 0. The second-order valence-corrected chi connectivity index (χ2v) is 6.21. The smallest absolute Gasteiger partial charge is 0.124 e. The van der Waals surface area contributed by atoms with E-state index < -0.39 is 0 Å². The molecule has 21 heavy (non-hydrogen) atoms. The molecular formula is C17H17BrFNO. The van der Waals surface area contributed by atoms with E-state index in [9.17, 15) is 4.39 Å². The second-order valence-electron chi connectivity index (χ2n) is 5.35. The molecule has 2 N–H and O–H groups in total. The first-order chi connectivity index (χ1) is 10.1. The van der Waals surface area contributed by atoms with E-state index in [1.165, 1.54) is 23.3 Å². The molecule has 3 rings (SSSR count). The van der Waals surface area contributed by atoms with Crippen LogP contribution in [-0.4, -0.2) is 6.61 Å². The van der Waals surface area contributed by atoms with E-state index in [-0.39, 0.29) is 11.9 Å². The van der Waals surface area contributed by atoms with Crippen LogP contribution >= 0.6 is 15.9 Å². The van der Waals surface area contributed by atoms with Crippen LogP contribution in [0.2, 0.25) is 0 Å². The van der Waals surface area contributed by atoms with E-state index in [4.69, 9.17) is 10.5 Å². The molecule has 0 amide bonds. The molecule has 1 aliphatic heterocycles. The van der Waals surface area contributed by atoms with E-state index in [0.717, 1.165) is 41.7 Å².